The SMILES string of the molecule is OC=[O+][S-]. The van der Waals surface area contributed by atoms with Crippen LogP contribution in [0, 0.1) is 0 Å². The maximum atomic E-state index is 7.42. The van der Waals surface area contributed by atoms with Gasteiger partial charge in [-0.15, -0.1) is 0 Å². The predicted octanol–water partition coefficient (Wildman–Crippen LogP) is -0.302. The lowest BCUT2D eigenvalue weighted by Gasteiger charge is -1.63. The van der Waals surface area contributed by atoms with E-state index in [4.69, 9.17) is 5.11 Å². The van der Waals surface area contributed by atoms with E-state index < -0.39 is 0 Å². The molecule has 0 aromatic heterocycles. The van der Waals surface area contributed by atoms with Gasteiger partial charge >= 0.3 is 6.47 Å². The highest BCUT2D eigenvalue weighted by molar-refractivity contribution is 7.50. The Kier molecular flexibility index (Phi) is 2.48. The topological polar surface area (TPSA) is 31.5 Å². The number of aliphatic hydroxyl groups excluding tert-OH is 1. The van der Waals surface area contributed by atoms with Gasteiger partial charge in [-0.2, -0.15) is 0 Å². The van der Waals surface area contributed by atoms with Gasteiger partial charge in [0.05, 0.1) is 0 Å². The average molecular weight is 78.1 g/mol. The van der Waals surface area contributed by atoms with Crippen molar-refractivity contribution >= 4 is 19.4 Å². The molecule has 0 aliphatic rings. The summed E-state index contributed by atoms with van der Waals surface area (Å²) >= 11 is 3.75. The van der Waals surface area contributed by atoms with Crippen LogP contribution in [0.3, 0.4) is 0 Å². The summed E-state index contributed by atoms with van der Waals surface area (Å²) in [5.74, 6) is 0. The quantitative estimate of drug-likeness (QED) is 0.245. The molecular formula is CH2O2S. The molecule has 4 heavy (non-hydrogen) atoms. The van der Waals surface area contributed by atoms with Crippen molar-refractivity contribution in [3.05, 3.63) is 0 Å². The molecule has 0 saturated heterocycles. The Labute approximate surface area is 29.4 Å². The molecule has 0 spiro atoms. The zero-order valence-corrected chi connectivity index (χ0v) is 2.66. The van der Waals surface area contributed by atoms with E-state index in [9.17, 15) is 0 Å². The summed E-state index contributed by atoms with van der Waals surface area (Å²) in [6, 6.07) is 0. The third-order valence-corrected chi connectivity index (χ3v) is 0.129. The molecule has 0 rings (SSSR count). The lowest BCUT2D eigenvalue weighted by Crippen LogP contribution is -1.62. The van der Waals surface area contributed by atoms with Crippen LogP contribution in [0.25, 0.3) is 0 Å². The van der Waals surface area contributed by atoms with Gasteiger partial charge in [0.25, 0.3) is 0 Å². The van der Waals surface area contributed by atoms with Crippen LogP contribution in [-0.2, 0) is 16.8 Å². The first-order chi connectivity index (χ1) is 1.91. The van der Waals surface area contributed by atoms with Gasteiger partial charge in [-0.3, -0.25) is 0 Å². The van der Waals surface area contributed by atoms with E-state index in [0.29, 0.717) is 6.47 Å². The van der Waals surface area contributed by atoms with Crippen molar-refractivity contribution in [2.24, 2.45) is 0 Å². The smallest absolute Gasteiger partial charge is 0.436 e. The van der Waals surface area contributed by atoms with E-state index >= 15 is 0 Å². The second-order valence-electron chi connectivity index (χ2n) is 0.202. The van der Waals surface area contributed by atoms with Crippen molar-refractivity contribution in [2.75, 3.05) is 0 Å². The second-order valence-corrected chi connectivity index (χ2v) is 0.394. The van der Waals surface area contributed by atoms with Crippen LogP contribution in [-0.4, -0.2) is 11.6 Å². The standard InChI is InChI=1S/CH2O2S/c2-1-3-4/h1-2H. The summed E-state index contributed by atoms with van der Waals surface area (Å²) in [5, 5.41) is 7.42. The Morgan fingerprint density at radius 3 is 2.25 bits per heavy atom. The molecule has 0 amide bonds. The molecule has 0 radical (unpaired) electrons. The van der Waals surface area contributed by atoms with E-state index in [1.807, 2.05) is 0 Å². The Morgan fingerprint density at radius 1 is 2.00 bits per heavy atom. The van der Waals surface area contributed by atoms with Gasteiger partial charge in [-0.25, -0.2) is 0 Å². The zero-order valence-electron chi connectivity index (χ0n) is 1.84. The average Bonchev–Trinajstić information content (AvgIpc) is 1.37. The van der Waals surface area contributed by atoms with Crippen molar-refractivity contribution in [3.8, 4) is 0 Å². The van der Waals surface area contributed by atoms with Crippen LogP contribution in [0.4, 0.5) is 0 Å². The monoisotopic (exact) mass is 78.0 g/mol. The number of hydrogen-bond donors (Lipinski definition) is 1. The Hall–Kier alpha value is -0.310. The van der Waals surface area contributed by atoms with Crippen molar-refractivity contribution in [2.45, 2.75) is 0 Å². The Bertz CT molecular complexity index is 21.2. The fourth-order valence-corrected chi connectivity index (χ4v) is 0. The summed E-state index contributed by atoms with van der Waals surface area (Å²) < 4.78 is 3.56. The molecule has 0 aliphatic carbocycles. The van der Waals surface area contributed by atoms with E-state index in [1.54, 1.807) is 0 Å². The fraction of sp³-hybridized carbons (Fsp3) is 0. The summed E-state index contributed by atoms with van der Waals surface area (Å²) in [6.45, 7) is 0.440. The van der Waals surface area contributed by atoms with Crippen molar-refractivity contribution in [1.82, 2.24) is 0 Å². The molecule has 0 heterocycles. The van der Waals surface area contributed by atoms with E-state index in [2.05, 4.69) is 16.8 Å². The minimum absolute atomic E-state index is 0.440. The van der Waals surface area contributed by atoms with Crippen LogP contribution in [0.5, 0.6) is 0 Å². The predicted molar refractivity (Wildman–Crippen MR) is 16.1 cm³/mol. The molecule has 0 bridgehead atoms. The minimum atomic E-state index is 0.440. The van der Waals surface area contributed by atoms with Crippen molar-refractivity contribution < 1.29 is 8.98 Å². The molecule has 0 aromatic carbocycles. The molecule has 24 valence electrons. The van der Waals surface area contributed by atoms with Gasteiger partial charge in [0, 0.05) is 0 Å². The molecule has 0 fully saturated rings. The summed E-state index contributed by atoms with van der Waals surface area (Å²) in [5.41, 5.74) is 0. The first-order valence-electron chi connectivity index (χ1n) is 0.661. The second kappa shape index (κ2) is 2.69. The highest BCUT2D eigenvalue weighted by atomic mass is 32.1. The van der Waals surface area contributed by atoms with Gasteiger partial charge < -0.3 is 21.9 Å². The van der Waals surface area contributed by atoms with Gasteiger partial charge in [-0.1, -0.05) is 0 Å². The summed E-state index contributed by atoms with van der Waals surface area (Å²) in [6.07, 6.45) is 0. The van der Waals surface area contributed by atoms with Gasteiger partial charge in [0.2, 0.25) is 0 Å². The van der Waals surface area contributed by atoms with Gasteiger partial charge in [0.15, 0.2) is 0 Å². The van der Waals surface area contributed by atoms with Crippen LogP contribution >= 0.6 is 0 Å². The molecule has 0 aliphatic heterocycles. The molecule has 1 N–H and O–H groups in total. The Morgan fingerprint density at radius 2 is 2.25 bits per heavy atom. The van der Waals surface area contributed by atoms with Crippen molar-refractivity contribution in [1.29, 1.82) is 0 Å². The van der Waals surface area contributed by atoms with E-state index in [1.165, 1.54) is 0 Å². The molecule has 0 aromatic rings. The molecular weight excluding hydrogens is 76.1 g/mol. The third-order valence-electron chi connectivity index (χ3n) is 0.0430. The largest absolute Gasteiger partial charge is 0.454 e. The molecule has 3 heteroatoms. The molecule has 2 nitrogen and oxygen atoms in total. The summed E-state index contributed by atoms with van der Waals surface area (Å²) in [4.78, 5) is 0. The first kappa shape index (κ1) is 3.69. The van der Waals surface area contributed by atoms with Crippen LogP contribution in [0.1, 0.15) is 0 Å². The van der Waals surface area contributed by atoms with Crippen LogP contribution < -0.4 is 0 Å². The highest BCUT2D eigenvalue weighted by Crippen LogP contribution is 1.24. The lowest BCUT2D eigenvalue weighted by molar-refractivity contribution is -0.247. The number of carboxylic acid groups (broad SMARTS) is 1. The number of rotatable bonds is 0. The molecule has 0 atom stereocenters. The molecule has 0 saturated carbocycles. The zero-order chi connectivity index (χ0) is 3.41. The molecule has 0 unspecified atom stereocenters. The van der Waals surface area contributed by atoms with E-state index in [0.717, 1.165) is 0 Å². The highest BCUT2D eigenvalue weighted by Gasteiger charge is 1.41. The normalized spacial score (nSPS) is 9.00. The number of hydrogen-bond acceptors (Lipinski definition) is 1. The third kappa shape index (κ3) is 1.69. The van der Waals surface area contributed by atoms with Gasteiger partial charge in [-0.05, 0) is 0 Å². The van der Waals surface area contributed by atoms with E-state index in [-0.39, 0.29) is 0 Å². The fourth-order valence-electron chi connectivity index (χ4n) is 0. The first-order valence-corrected chi connectivity index (χ1v) is 0.994. The minimum Gasteiger partial charge on any atom is -0.436 e. The van der Waals surface area contributed by atoms with Crippen LogP contribution in [0.2, 0.25) is 0 Å². The summed E-state index contributed by atoms with van der Waals surface area (Å²) in [7, 11) is 0. The lowest BCUT2D eigenvalue weighted by atomic mass is 11.7. The van der Waals surface area contributed by atoms with Gasteiger partial charge in [0.1, 0.15) is 0 Å². The van der Waals surface area contributed by atoms with Crippen molar-refractivity contribution in [3.63, 3.8) is 0 Å². The maximum Gasteiger partial charge on any atom is 0.454 e. The van der Waals surface area contributed by atoms with Crippen LogP contribution in [0.15, 0.2) is 0 Å². The maximum absolute atomic E-state index is 7.42. The Balaban J connectivity index is 2.55.